The highest BCUT2D eigenvalue weighted by atomic mass is 32.2. The van der Waals surface area contributed by atoms with Gasteiger partial charge in [0.2, 0.25) is 10.0 Å². The molecular formula is C19H24N2O4S. The molecule has 0 aliphatic heterocycles. The van der Waals surface area contributed by atoms with E-state index in [2.05, 4.69) is 5.32 Å². The normalized spacial score (nSPS) is 11.3. The molecule has 1 amide bonds. The number of rotatable bonds is 9. The summed E-state index contributed by atoms with van der Waals surface area (Å²) in [7, 11) is -3.38. The molecule has 0 radical (unpaired) electrons. The Labute approximate surface area is 154 Å². The number of amides is 1. The summed E-state index contributed by atoms with van der Waals surface area (Å²) in [5.41, 5.74) is 1.98. The topological polar surface area (TPSA) is 75.7 Å². The first-order valence-electron chi connectivity index (χ1n) is 8.30. The maximum absolute atomic E-state index is 12.0. The zero-order chi connectivity index (χ0) is 19.0. The summed E-state index contributed by atoms with van der Waals surface area (Å²) in [6.45, 7) is 2.54. The fourth-order valence-corrected chi connectivity index (χ4v) is 3.22. The van der Waals surface area contributed by atoms with Crippen LogP contribution < -0.4 is 10.1 Å². The largest absolute Gasteiger partial charge is 0.484 e. The molecule has 2 rings (SSSR count). The van der Waals surface area contributed by atoms with E-state index in [1.54, 1.807) is 12.1 Å². The number of aryl methyl sites for hydroxylation is 1. The number of para-hydroxylation sites is 1. The number of ether oxygens (including phenoxy) is 1. The molecule has 0 spiro atoms. The summed E-state index contributed by atoms with van der Waals surface area (Å²) in [6, 6.07) is 16.7. The van der Waals surface area contributed by atoms with Gasteiger partial charge in [-0.25, -0.2) is 8.42 Å². The Hall–Kier alpha value is -2.38. The summed E-state index contributed by atoms with van der Waals surface area (Å²) in [6.07, 6.45) is 1.17. The molecule has 26 heavy (non-hydrogen) atoms. The van der Waals surface area contributed by atoms with E-state index in [9.17, 15) is 13.2 Å². The molecule has 0 fully saturated rings. The maximum atomic E-state index is 12.0. The van der Waals surface area contributed by atoms with E-state index in [0.717, 1.165) is 11.1 Å². The quantitative estimate of drug-likeness (QED) is 0.726. The molecule has 2 aromatic carbocycles. The van der Waals surface area contributed by atoms with Crippen LogP contribution in [0.2, 0.25) is 0 Å². The van der Waals surface area contributed by atoms with Gasteiger partial charge in [0.1, 0.15) is 5.75 Å². The van der Waals surface area contributed by atoms with E-state index in [1.165, 1.54) is 10.6 Å². The summed E-state index contributed by atoms with van der Waals surface area (Å²) < 4.78 is 30.7. The van der Waals surface area contributed by atoms with Gasteiger partial charge in [0.25, 0.3) is 5.91 Å². The second kappa shape index (κ2) is 9.35. The number of hydrogen-bond acceptors (Lipinski definition) is 4. The number of benzene rings is 2. The Morgan fingerprint density at radius 1 is 1.12 bits per heavy atom. The summed E-state index contributed by atoms with van der Waals surface area (Å²) in [4.78, 5) is 11.8. The van der Waals surface area contributed by atoms with Crippen LogP contribution in [-0.4, -0.2) is 44.6 Å². The van der Waals surface area contributed by atoms with Gasteiger partial charge in [0.15, 0.2) is 6.61 Å². The zero-order valence-corrected chi connectivity index (χ0v) is 15.8. The second-order valence-corrected chi connectivity index (χ2v) is 8.02. The highest BCUT2D eigenvalue weighted by Gasteiger charge is 2.17. The number of sulfonamides is 1. The van der Waals surface area contributed by atoms with Crippen LogP contribution >= 0.6 is 0 Å². The summed E-state index contributed by atoms with van der Waals surface area (Å²) in [5.74, 6) is 0.317. The SMILES string of the molecule is Cc1cccc(CN(CCNC(=O)COc2ccccc2)S(C)(=O)=O)c1. The van der Waals surface area contributed by atoms with Crippen LogP contribution in [-0.2, 0) is 21.4 Å². The maximum Gasteiger partial charge on any atom is 0.257 e. The van der Waals surface area contributed by atoms with Crippen LogP contribution in [0.4, 0.5) is 0 Å². The lowest BCUT2D eigenvalue weighted by atomic mass is 10.1. The first kappa shape index (κ1) is 19.9. The lowest BCUT2D eigenvalue weighted by molar-refractivity contribution is -0.123. The Morgan fingerprint density at radius 2 is 1.85 bits per heavy atom. The number of nitrogens with zero attached hydrogens (tertiary/aromatic N) is 1. The molecule has 0 aliphatic carbocycles. The Balaban J connectivity index is 1.82. The average molecular weight is 376 g/mol. The van der Waals surface area contributed by atoms with Crippen molar-refractivity contribution in [3.8, 4) is 5.75 Å². The molecule has 6 nitrogen and oxygen atoms in total. The summed E-state index contributed by atoms with van der Waals surface area (Å²) in [5, 5.41) is 2.68. The van der Waals surface area contributed by atoms with E-state index in [1.807, 2.05) is 49.4 Å². The molecule has 0 unspecified atom stereocenters. The van der Waals surface area contributed by atoms with Crippen LogP contribution in [0.25, 0.3) is 0 Å². The highest BCUT2D eigenvalue weighted by Crippen LogP contribution is 2.10. The average Bonchev–Trinajstić information content (AvgIpc) is 2.59. The van der Waals surface area contributed by atoms with E-state index in [-0.39, 0.29) is 32.1 Å². The third-order valence-corrected chi connectivity index (χ3v) is 4.96. The predicted molar refractivity (Wildman–Crippen MR) is 101 cm³/mol. The van der Waals surface area contributed by atoms with Crippen molar-refractivity contribution >= 4 is 15.9 Å². The number of hydrogen-bond donors (Lipinski definition) is 1. The molecule has 1 N–H and O–H groups in total. The third kappa shape index (κ3) is 6.85. The van der Waals surface area contributed by atoms with E-state index < -0.39 is 10.0 Å². The molecule has 140 valence electrons. The van der Waals surface area contributed by atoms with Gasteiger partial charge in [-0.05, 0) is 24.6 Å². The molecular weight excluding hydrogens is 352 g/mol. The first-order chi connectivity index (χ1) is 12.3. The minimum Gasteiger partial charge on any atom is -0.484 e. The number of nitrogens with one attached hydrogen (secondary N) is 1. The standard InChI is InChI=1S/C19H24N2O4S/c1-16-7-6-8-17(13-16)14-21(26(2,23)24)12-11-20-19(22)15-25-18-9-4-3-5-10-18/h3-10,13H,11-12,14-15H2,1-2H3,(H,20,22). The fraction of sp³-hybridized carbons (Fsp3) is 0.316. The van der Waals surface area contributed by atoms with Crippen molar-refractivity contribution in [3.05, 3.63) is 65.7 Å². The Morgan fingerprint density at radius 3 is 2.50 bits per heavy atom. The number of carbonyl (C=O) groups is 1. The lowest BCUT2D eigenvalue weighted by Crippen LogP contribution is -2.39. The minimum absolute atomic E-state index is 0.110. The molecule has 7 heteroatoms. The van der Waals surface area contributed by atoms with Gasteiger partial charge in [-0.2, -0.15) is 4.31 Å². The van der Waals surface area contributed by atoms with Crippen molar-refractivity contribution < 1.29 is 17.9 Å². The van der Waals surface area contributed by atoms with Crippen molar-refractivity contribution in [3.63, 3.8) is 0 Å². The molecule has 0 saturated carbocycles. The molecule has 0 bridgehead atoms. The predicted octanol–water partition coefficient (Wildman–Crippen LogP) is 1.95. The highest BCUT2D eigenvalue weighted by molar-refractivity contribution is 7.88. The van der Waals surface area contributed by atoms with Crippen LogP contribution in [0.1, 0.15) is 11.1 Å². The molecule has 2 aromatic rings. The monoisotopic (exact) mass is 376 g/mol. The van der Waals surface area contributed by atoms with Gasteiger partial charge in [0, 0.05) is 19.6 Å². The van der Waals surface area contributed by atoms with Gasteiger partial charge in [-0.15, -0.1) is 0 Å². The van der Waals surface area contributed by atoms with E-state index in [4.69, 9.17) is 4.74 Å². The van der Waals surface area contributed by atoms with Crippen LogP contribution in [0.5, 0.6) is 5.75 Å². The third-order valence-electron chi connectivity index (χ3n) is 3.71. The van der Waals surface area contributed by atoms with Gasteiger partial charge in [-0.1, -0.05) is 48.0 Å². The van der Waals surface area contributed by atoms with Gasteiger partial charge < -0.3 is 10.1 Å². The van der Waals surface area contributed by atoms with E-state index >= 15 is 0 Å². The molecule has 0 heterocycles. The van der Waals surface area contributed by atoms with Crippen molar-refractivity contribution in [1.29, 1.82) is 0 Å². The molecule has 0 atom stereocenters. The van der Waals surface area contributed by atoms with Gasteiger partial charge in [-0.3, -0.25) is 4.79 Å². The van der Waals surface area contributed by atoms with Crippen molar-refractivity contribution in [1.82, 2.24) is 9.62 Å². The Kier molecular flexibility index (Phi) is 7.17. The minimum atomic E-state index is -3.38. The molecule has 0 saturated heterocycles. The number of carbonyl (C=O) groups excluding carboxylic acids is 1. The smallest absolute Gasteiger partial charge is 0.257 e. The molecule has 0 aliphatic rings. The van der Waals surface area contributed by atoms with E-state index in [0.29, 0.717) is 5.75 Å². The lowest BCUT2D eigenvalue weighted by Gasteiger charge is -2.20. The van der Waals surface area contributed by atoms with Crippen molar-refractivity contribution in [2.75, 3.05) is 26.0 Å². The fourth-order valence-electron chi connectivity index (χ4n) is 2.41. The van der Waals surface area contributed by atoms with Crippen LogP contribution in [0, 0.1) is 6.92 Å². The Bertz CT molecular complexity index is 822. The summed E-state index contributed by atoms with van der Waals surface area (Å²) >= 11 is 0. The van der Waals surface area contributed by atoms with Crippen molar-refractivity contribution in [2.24, 2.45) is 0 Å². The van der Waals surface area contributed by atoms with Crippen LogP contribution in [0.15, 0.2) is 54.6 Å². The van der Waals surface area contributed by atoms with Crippen LogP contribution in [0.3, 0.4) is 0 Å². The second-order valence-electron chi connectivity index (χ2n) is 6.04. The van der Waals surface area contributed by atoms with Gasteiger partial charge >= 0.3 is 0 Å². The molecule has 0 aromatic heterocycles. The van der Waals surface area contributed by atoms with Crippen molar-refractivity contribution in [2.45, 2.75) is 13.5 Å². The van der Waals surface area contributed by atoms with Gasteiger partial charge in [0.05, 0.1) is 6.26 Å². The zero-order valence-electron chi connectivity index (χ0n) is 15.0. The first-order valence-corrected chi connectivity index (χ1v) is 10.1.